The van der Waals surface area contributed by atoms with E-state index in [1.54, 1.807) is 5.57 Å². The number of carbonyl (C=O) groups excluding carboxylic acids is 1. The van der Waals surface area contributed by atoms with Crippen LogP contribution in [0.3, 0.4) is 0 Å². The van der Waals surface area contributed by atoms with Crippen molar-refractivity contribution in [2.24, 2.45) is 50.2 Å². The lowest BCUT2D eigenvalue weighted by molar-refractivity contribution is -0.203. The monoisotopic (exact) mass is 626 g/mol. The Morgan fingerprint density at radius 1 is 0.935 bits per heavy atom. The molecule has 1 unspecified atom stereocenters. The van der Waals surface area contributed by atoms with E-state index in [-0.39, 0.29) is 39.1 Å². The van der Waals surface area contributed by atoms with Crippen molar-refractivity contribution in [1.82, 2.24) is 10.5 Å². The second kappa shape index (κ2) is 10.5. The average molecular weight is 627 g/mol. The van der Waals surface area contributed by atoms with E-state index >= 15 is 0 Å². The van der Waals surface area contributed by atoms with Crippen LogP contribution in [0, 0.1) is 57.2 Å². The largest absolute Gasteiger partial charge is 0.393 e. The van der Waals surface area contributed by atoms with Crippen molar-refractivity contribution in [1.29, 1.82) is 0 Å². The van der Waals surface area contributed by atoms with E-state index in [0.29, 0.717) is 30.1 Å². The maximum atomic E-state index is 14.0. The van der Waals surface area contributed by atoms with Gasteiger partial charge in [-0.3, -0.25) is 4.79 Å². The lowest BCUT2D eigenvalue weighted by atomic mass is 9.33. The summed E-state index contributed by atoms with van der Waals surface area (Å²) in [7, 11) is 0. The van der Waals surface area contributed by atoms with Gasteiger partial charge in [0.25, 0.3) is 0 Å². The van der Waals surface area contributed by atoms with Gasteiger partial charge in [0.2, 0.25) is 5.91 Å². The van der Waals surface area contributed by atoms with Crippen molar-refractivity contribution in [2.45, 2.75) is 132 Å². The Balaban J connectivity index is 1.11. The quantitative estimate of drug-likeness (QED) is 0.332. The Kier molecular flexibility index (Phi) is 7.38. The van der Waals surface area contributed by atoms with Crippen molar-refractivity contribution in [3.8, 4) is 11.3 Å². The predicted octanol–water partition coefficient (Wildman–Crippen LogP) is 9.43. The smallest absolute Gasteiger partial charge is 0.226 e. The van der Waals surface area contributed by atoms with Crippen LogP contribution in [0.25, 0.3) is 11.3 Å². The van der Waals surface area contributed by atoms with Crippen LogP contribution in [0.4, 0.5) is 0 Å². The van der Waals surface area contributed by atoms with Gasteiger partial charge in [0.05, 0.1) is 12.6 Å². The SMILES string of the molecule is Cc1ccc(-c2cc(CNC(=O)[C@@]3(C)CC[C@]4(C)CC[C@]5(C)C(=CC[C@@H]6[C@@]7(C)CC[C@H](O)C(C)(C)C7CC[C@]65C)[C@H]4C3)on2)cc1. The van der Waals surface area contributed by atoms with Gasteiger partial charge in [-0.05, 0) is 116 Å². The molecule has 46 heavy (non-hydrogen) atoms. The molecule has 4 saturated carbocycles. The highest BCUT2D eigenvalue weighted by Gasteiger charge is 2.68. The number of aliphatic hydroxyl groups is 1. The van der Waals surface area contributed by atoms with Gasteiger partial charge < -0.3 is 14.9 Å². The van der Waals surface area contributed by atoms with E-state index in [4.69, 9.17) is 4.52 Å². The van der Waals surface area contributed by atoms with Gasteiger partial charge in [-0.15, -0.1) is 0 Å². The molecule has 1 amide bonds. The summed E-state index contributed by atoms with van der Waals surface area (Å²) >= 11 is 0. The van der Waals surface area contributed by atoms with E-state index < -0.39 is 5.41 Å². The fourth-order valence-electron chi connectivity index (χ4n) is 12.2. The van der Waals surface area contributed by atoms with E-state index in [9.17, 15) is 9.90 Å². The minimum atomic E-state index is -0.409. The lowest BCUT2D eigenvalue weighted by Crippen LogP contribution is -2.64. The summed E-state index contributed by atoms with van der Waals surface area (Å²) in [5.74, 6) is 2.46. The molecule has 5 aliphatic carbocycles. The first-order valence-electron chi connectivity index (χ1n) is 18.3. The zero-order valence-corrected chi connectivity index (χ0v) is 29.8. The second-order valence-electron chi connectivity index (χ2n) is 18.4. The number of rotatable bonds is 4. The van der Waals surface area contributed by atoms with Crippen LogP contribution in [-0.4, -0.2) is 22.3 Å². The number of aliphatic hydroxyl groups excluding tert-OH is 1. The number of hydrogen-bond acceptors (Lipinski definition) is 4. The number of benzene rings is 1. The van der Waals surface area contributed by atoms with Crippen molar-refractivity contribution >= 4 is 5.91 Å². The Hall–Kier alpha value is -2.40. The number of fused-ring (bicyclic) bond motifs is 7. The van der Waals surface area contributed by atoms with Crippen LogP contribution in [0.1, 0.15) is 124 Å². The zero-order chi connectivity index (χ0) is 32.9. The maximum absolute atomic E-state index is 14.0. The number of allylic oxidation sites excluding steroid dienone is 2. The third kappa shape index (κ3) is 4.56. The number of hydrogen-bond donors (Lipinski definition) is 2. The van der Waals surface area contributed by atoms with E-state index in [1.807, 2.05) is 6.07 Å². The number of amides is 1. The van der Waals surface area contributed by atoms with Crippen molar-refractivity contribution < 1.29 is 14.4 Å². The first-order valence-corrected chi connectivity index (χ1v) is 18.3. The van der Waals surface area contributed by atoms with Gasteiger partial charge in [0.1, 0.15) is 5.69 Å². The molecule has 0 aliphatic heterocycles. The Morgan fingerprint density at radius 3 is 2.39 bits per heavy atom. The molecule has 1 aromatic carbocycles. The number of aryl methyl sites for hydroxylation is 1. The fourth-order valence-corrected chi connectivity index (χ4v) is 12.2. The predicted molar refractivity (Wildman–Crippen MR) is 184 cm³/mol. The summed E-state index contributed by atoms with van der Waals surface area (Å²) in [6, 6.07) is 10.2. The molecule has 0 radical (unpaired) electrons. The molecule has 5 heteroatoms. The molecule has 5 nitrogen and oxygen atoms in total. The van der Waals surface area contributed by atoms with Crippen molar-refractivity contribution in [3.63, 3.8) is 0 Å². The molecule has 1 aromatic heterocycles. The van der Waals surface area contributed by atoms with E-state index in [0.717, 1.165) is 49.8 Å². The molecule has 2 N–H and O–H groups in total. The number of nitrogens with zero attached hydrogens (tertiary/aromatic N) is 1. The zero-order valence-electron chi connectivity index (χ0n) is 29.8. The summed E-state index contributed by atoms with van der Waals surface area (Å²) in [5, 5.41) is 18.6. The molecular formula is C41H58N2O3. The van der Waals surface area contributed by atoms with Gasteiger partial charge in [-0.1, -0.05) is 95.1 Å². The molecule has 2 aromatic rings. The molecule has 1 heterocycles. The molecule has 0 bridgehead atoms. The average Bonchev–Trinajstić information content (AvgIpc) is 3.49. The fraction of sp³-hybridized carbons (Fsp3) is 0.707. The summed E-state index contributed by atoms with van der Waals surface area (Å²) in [5.41, 5.74) is 5.16. The van der Waals surface area contributed by atoms with Gasteiger partial charge in [-0.25, -0.2) is 0 Å². The van der Waals surface area contributed by atoms with Gasteiger partial charge >= 0.3 is 0 Å². The standard InChI is InChI=1S/C41H58N2O3/c1-26-9-11-27(12-10-26)31-23-28(46-43-31)25-42-35(45)38(5)20-19-37(4)21-22-40(7)29(30(37)24-38)13-14-33-39(6)17-16-34(44)36(2,3)32(39)15-18-41(33,40)8/h9-13,23,30,32-34,44H,14-22,24-25H2,1-8H3,(H,42,45)/t30-,32?,33-,34+,37-,38+,39+,40-,41-/m1/s1. The number of carbonyl (C=O) groups is 1. The highest BCUT2D eigenvalue weighted by molar-refractivity contribution is 5.82. The molecule has 9 atom stereocenters. The lowest BCUT2D eigenvalue weighted by Gasteiger charge is -2.71. The van der Waals surface area contributed by atoms with Crippen LogP contribution in [-0.2, 0) is 11.3 Å². The van der Waals surface area contributed by atoms with Gasteiger partial charge in [-0.2, -0.15) is 0 Å². The first kappa shape index (κ1) is 32.2. The summed E-state index contributed by atoms with van der Waals surface area (Å²) in [6.07, 6.45) is 13.6. The number of nitrogens with one attached hydrogen (secondary N) is 1. The van der Waals surface area contributed by atoms with Crippen LogP contribution in [0.15, 0.2) is 46.5 Å². The molecular weight excluding hydrogens is 568 g/mol. The van der Waals surface area contributed by atoms with Crippen molar-refractivity contribution in [3.05, 3.63) is 53.3 Å². The molecule has 4 fully saturated rings. The van der Waals surface area contributed by atoms with E-state index in [2.05, 4.69) is 96.2 Å². The highest BCUT2D eigenvalue weighted by atomic mass is 16.5. The Labute approximate surface area is 277 Å². The minimum absolute atomic E-state index is 0.0309. The number of aromatic nitrogens is 1. The van der Waals surface area contributed by atoms with Crippen LogP contribution in [0.5, 0.6) is 0 Å². The first-order chi connectivity index (χ1) is 21.6. The van der Waals surface area contributed by atoms with Crippen LogP contribution >= 0.6 is 0 Å². The molecule has 0 saturated heterocycles. The normalized spacial score (nSPS) is 42.9. The maximum Gasteiger partial charge on any atom is 0.226 e. The van der Waals surface area contributed by atoms with Crippen molar-refractivity contribution in [2.75, 3.05) is 0 Å². The summed E-state index contributed by atoms with van der Waals surface area (Å²) < 4.78 is 5.64. The third-order valence-electron chi connectivity index (χ3n) is 15.7. The second-order valence-corrected chi connectivity index (χ2v) is 18.4. The van der Waals surface area contributed by atoms with Gasteiger partial charge in [0.15, 0.2) is 5.76 Å². The molecule has 5 aliphatic rings. The Bertz CT molecular complexity index is 1540. The van der Waals surface area contributed by atoms with Gasteiger partial charge in [0, 0.05) is 17.0 Å². The van der Waals surface area contributed by atoms with Crippen LogP contribution < -0.4 is 5.32 Å². The Morgan fingerprint density at radius 2 is 1.65 bits per heavy atom. The topological polar surface area (TPSA) is 75.4 Å². The van der Waals surface area contributed by atoms with Crippen LogP contribution in [0.2, 0.25) is 0 Å². The summed E-state index contributed by atoms with van der Waals surface area (Å²) in [6.45, 7) is 19.7. The van der Waals surface area contributed by atoms with E-state index in [1.165, 1.54) is 31.2 Å². The highest BCUT2D eigenvalue weighted by Crippen LogP contribution is 2.75. The third-order valence-corrected chi connectivity index (χ3v) is 15.7. The molecule has 250 valence electrons. The molecule has 0 spiro atoms. The molecule has 7 rings (SSSR count). The summed E-state index contributed by atoms with van der Waals surface area (Å²) in [4.78, 5) is 14.0. The minimum Gasteiger partial charge on any atom is -0.393 e.